The highest BCUT2D eigenvalue weighted by Crippen LogP contribution is 2.46. The lowest BCUT2D eigenvalue weighted by atomic mass is 9.95. The van der Waals surface area contributed by atoms with Crippen LogP contribution in [0.15, 0.2) is 66.2 Å². The van der Waals surface area contributed by atoms with Crippen LogP contribution in [-0.4, -0.2) is 40.6 Å². The minimum atomic E-state index is -1.01. The van der Waals surface area contributed by atoms with Gasteiger partial charge in [-0.25, -0.2) is 4.98 Å². The summed E-state index contributed by atoms with van der Waals surface area (Å²) in [4.78, 5) is 32.9. The Kier molecular flexibility index (Phi) is 6.31. The number of carbonyl (C=O) groups excluding carboxylic acids is 2. The zero-order chi connectivity index (χ0) is 26.3. The Balaban J connectivity index is 1.74. The molecule has 1 saturated heterocycles. The fourth-order valence-corrected chi connectivity index (χ4v) is 5.46. The van der Waals surface area contributed by atoms with Crippen molar-refractivity contribution in [3.8, 4) is 17.2 Å². The number of benzene rings is 3. The predicted octanol–water partition coefficient (Wildman–Crippen LogP) is 5.34. The van der Waals surface area contributed by atoms with Gasteiger partial charge < -0.3 is 19.7 Å². The van der Waals surface area contributed by atoms with Crippen LogP contribution in [0.25, 0.3) is 16.0 Å². The number of rotatable bonds is 6. The van der Waals surface area contributed by atoms with E-state index >= 15 is 0 Å². The van der Waals surface area contributed by atoms with E-state index in [1.807, 2.05) is 25.1 Å². The van der Waals surface area contributed by atoms with Gasteiger partial charge in [-0.05, 0) is 61.4 Å². The third kappa shape index (κ3) is 4.27. The van der Waals surface area contributed by atoms with Crippen molar-refractivity contribution in [2.75, 3.05) is 18.6 Å². The standard InChI is InChI=1S/C28H24N2O6S/c1-4-36-21-14-16(9-11-20(21)31)24-23(25(32)17-6-5-7-18(13-17)35-3)26(33)27(34)30(24)28-29-19-10-8-15(2)12-22(19)37-28/h5-14,24,31-32H,4H2,1-3H3/b25-23+/t24-/m1/s1. The zero-order valence-corrected chi connectivity index (χ0v) is 21.2. The van der Waals surface area contributed by atoms with Crippen molar-refractivity contribution >= 4 is 44.1 Å². The highest BCUT2D eigenvalue weighted by Gasteiger charge is 2.48. The van der Waals surface area contributed by atoms with Gasteiger partial charge in [0, 0.05) is 5.56 Å². The number of carbonyl (C=O) groups is 2. The van der Waals surface area contributed by atoms with E-state index in [1.54, 1.807) is 43.3 Å². The van der Waals surface area contributed by atoms with Crippen molar-refractivity contribution in [2.24, 2.45) is 0 Å². The summed E-state index contributed by atoms with van der Waals surface area (Å²) >= 11 is 1.28. The number of aryl methyl sites for hydroxylation is 1. The number of amides is 1. The molecule has 3 aromatic carbocycles. The number of aliphatic hydroxyl groups is 1. The number of anilines is 1. The number of thiazole rings is 1. The molecule has 0 unspecified atom stereocenters. The van der Waals surface area contributed by atoms with Crippen LogP contribution in [0.4, 0.5) is 5.13 Å². The number of Topliss-reactive ketones (excluding diaryl/α,β-unsaturated/α-hetero) is 1. The minimum absolute atomic E-state index is 0.0780. The van der Waals surface area contributed by atoms with Crippen molar-refractivity contribution in [1.29, 1.82) is 0 Å². The average molecular weight is 517 g/mol. The predicted molar refractivity (Wildman–Crippen MR) is 141 cm³/mol. The lowest BCUT2D eigenvalue weighted by Crippen LogP contribution is -2.29. The van der Waals surface area contributed by atoms with Crippen LogP contribution in [0, 0.1) is 6.92 Å². The van der Waals surface area contributed by atoms with Gasteiger partial charge in [-0.15, -0.1) is 0 Å². The zero-order valence-electron chi connectivity index (χ0n) is 20.4. The molecule has 9 heteroatoms. The maximum atomic E-state index is 13.5. The summed E-state index contributed by atoms with van der Waals surface area (Å²) in [5.41, 5.74) is 2.44. The molecule has 0 radical (unpaired) electrons. The molecule has 1 aliphatic rings. The van der Waals surface area contributed by atoms with Gasteiger partial charge in [0.1, 0.15) is 11.5 Å². The van der Waals surface area contributed by atoms with E-state index < -0.39 is 17.7 Å². The minimum Gasteiger partial charge on any atom is -0.507 e. The van der Waals surface area contributed by atoms with Crippen LogP contribution in [0.3, 0.4) is 0 Å². The Bertz CT molecular complexity index is 1570. The highest BCUT2D eigenvalue weighted by molar-refractivity contribution is 7.22. The molecular weight excluding hydrogens is 492 g/mol. The quantitative estimate of drug-likeness (QED) is 0.202. The first-order valence-corrected chi connectivity index (χ1v) is 12.4. The molecule has 0 bridgehead atoms. The molecule has 2 N–H and O–H groups in total. The van der Waals surface area contributed by atoms with Crippen molar-refractivity contribution in [3.05, 3.63) is 82.9 Å². The third-order valence-corrected chi connectivity index (χ3v) is 7.14. The summed E-state index contributed by atoms with van der Waals surface area (Å²) in [6.45, 7) is 4.05. The summed E-state index contributed by atoms with van der Waals surface area (Å²) in [5.74, 6) is -1.38. The number of phenols is 1. The first kappa shape index (κ1) is 24.3. The fourth-order valence-electron chi connectivity index (χ4n) is 4.37. The molecule has 0 saturated carbocycles. The number of aromatic hydroxyl groups is 1. The molecule has 188 valence electrons. The molecule has 0 aliphatic carbocycles. The smallest absolute Gasteiger partial charge is 0.301 e. The van der Waals surface area contributed by atoms with E-state index in [4.69, 9.17) is 9.47 Å². The molecule has 1 aromatic heterocycles. The number of ether oxygens (including phenoxy) is 2. The topological polar surface area (TPSA) is 109 Å². The number of phenolic OH excluding ortho intramolecular Hbond substituents is 1. The monoisotopic (exact) mass is 516 g/mol. The number of methoxy groups -OCH3 is 1. The Morgan fingerprint density at radius 2 is 1.92 bits per heavy atom. The van der Waals surface area contributed by atoms with Crippen molar-refractivity contribution in [2.45, 2.75) is 19.9 Å². The maximum absolute atomic E-state index is 13.5. The van der Waals surface area contributed by atoms with Gasteiger partial charge in [0.05, 0.1) is 35.5 Å². The Hall–Kier alpha value is -4.37. The third-order valence-electron chi connectivity index (χ3n) is 6.13. The van der Waals surface area contributed by atoms with Crippen LogP contribution in [0.5, 0.6) is 17.2 Å². The van der Waals surface area contributed by atoms with Crippen molar-refractivity contribution in [3.63, 3.8) is 0 Å². The van der Waals surface area contributed by atoms with Gasteiger partial charge in [-0.2, -0.15) is 0 Å². The molecular formula is C28H24N2O6S. The van der Waals surface area contributed by atoms with E-state index in [0.717, 1.165) is 10.3 Å². The molecule has 1 amide bonds. The molecule has 1 aliphatic heterocycles. The average Bonchev–Trinajstić information content (AvgIpc) is 3.42. The summed E-state index contributed by atoms with van der Waals surface area (Å²) in [6, 6.07) is 16.0. The lowest BCUT2D eigenvalue weighted by molar-refractivity contribution is -0.132. The van der Waals surface area contributed by atoms with Gasteiger partial charge in [0.25, 0.3) is 5.78 Å². The van der Waals surface area contributed by atoms with E-state index in [0.29, 0.717) is 34.1 Å². The van der Waals surface area contributed by atoms with E-state index in [-0.39, 0.29) is 22.8 Å². The van der Waals surface area contributed by atoms with E-state index in [2.05, 4.69) is 4.98 Å². The number of aromatic nitrogens is 1. The molecule has 4 aromatic rings. The molecule has 1 atom stereocenters. The van der Waals surface area contributed by atoms with Crippen molar-refractivity contribution in [1.82, 2.24) is 4.98 Å². The highest BCUT2D eigenvalue weighted by atomic mass is 32.1. The Morgan fingerprint density at radius 1 is 1.11 bits per heavy atom. The van der Waals surface area contributed by atoms with Crippen molar-refractivity contribution < 1.29 is 29.3 Å². The number of fused-ring (bicyclic) bond motifs is 1. The second kappa shape index (κ2) is 9.59. The summed E-state index contributed by atoms with van der Waals surface area (Å²) < 4.78 is 11.7. The largest absolute Gasteiger partial charge is 0.507 e. The van der Waals surface area contributed by atoms with Gasteiger partial charge in [-0.1, -0.05) is 35.6 Å². The Labute approximate surface area is 217 Å². The van der Waals surface area contributed by atoms with Crippen LogP contribution in [0.1, 0.15) is 29.7 Å². The Morgan fingerprint density at radius 3 is 2.68 bits per heavy atom. The number of nitrogens with zero attached hydrogens (tertiary/aromatic N) is 2. The molecule has 5 rings (SSSR count). The molecule has 8 nitrogen and oxygen atoms in total. The molecule has 2 heterocycles. The maximum Gasteiger partial charge on any atom is 0.301 e. The SMILES string of the molecule is CCOc1cc([C@@H]2/C(=C(\O)c3cccc(OC)c3)C(=O)C(=O)N2c2nc3ccc(C)cc3s2)ccc1O. The number of hydrogen-bond acceptors (Lipinski definition) is 8. The van der Waals surface area contributed by atoms with Gasteiger partial charge >= 0.3 is 5.91 Å². The van der Waals surface area contributed by atoms with Gasteiger partial charge in [0.2, 0.25) is 0 Å². The molecule has 1 fully saturated rings. The van der Waals surface area contributed by atoms with Crippen LogP contribution >= 0.6 is 11.3 Å². The molecule has 0 spiro atoms. The number of aliphatic hydroxyl groups excluding tert-OH is 1. The normalized spacial score (nSPS) is 16.9. The van der Waals surface area contributed by atoms with Crippen LogP contribution in [-0.2, 0) is 9.59 Å². The van der Waals surface area contributed by atoms with Gasteiger partial charge in [0.15, 0.2) is 16.6 Å². The van der Waals surface area contributed by atoms with E-state index in [9.17, 15) is 19.8 Å². The first-order valence-electron chi connectivity index (χ1n) is 11.6. The summed E-state index contributed by atoms with van der Waals surface area (Å²) in [6.07, 6.45) is 0. The van der Waals surface area contributed by atoms with Crippen LogP contribution < -0.4 is 14.4 Å². The number of hydrogen-bond donors (Lipinski definition) is 2. The van der Waals surface area contributed by atoms with Gasteiger partial charge in [-0.3, -0.25) is 14.5 Å². The second-order valence-electron chi connectivity index (χ2n) is 8.53. The van der Waals surface area contributed by atoms with E-state index in [1.165, 1.54) is 29.4 Å². The molecule has 37 heavy (non-hydrogen) atoms. The summed E-state index contributed by atoms with van der Waals surface area (Å²) in [7, 11) is 1.50. The second-order valence-corrected chi connectivity index (χ2v) is 9.54. The van der Waals surface area contributed by atoms with Crippen LogP contribution in [0.2, 0.25) is 0 Å². The fraction of sp³-hybridized carbons (Fsp3) is 0.179. The lowest BCUT2D eigenvalue weighted by Gasteiger charge is -2.23. The first-order chi connectivity index (χ1) is 17.8. The number of ketones is 1. The summed E-state index contributed by atoms with van der Waals surface area (Å²) in [5, 5.41) is 21.9.